The number of aliphatic imine (C=N–C) groups is 1. The summed E-state index contributed by atoms with van der Waals surface area (Å²) in [5, 5.41) is 6.32. The summed E-state index contributed by atoms with van der Waals surface area (Å²) in [5.41, 5.74) is -4.23. The lowest BCUT2D eigenvalue weighted by Crippen LogP contribution is -2.47. The van der Waals surface area contributed by atoms with Crippen LogP contribution >= 0.6 is 24.0 Å². The molecule has 2 rings (SSSR count). The van der Waals surface area contributed by atoms with Crippen molar-refractivity contribution in [2.75, 3.05) is 40.3 Å². The first kappa shape index (κ1) is 26.9. The Hall–Kier alpha value is -1.12. The number of rotatable bonds is 7. The van der Waals surface area contributed by atoms with Crippen molar-refractivity contribution in [1.82, 2.24) is 14.9 Å². The molecular weight excluding hydrogens is 536 g/mol. The van der Waals surface area contributed by atoms with Gasteiger partial charge in [0.25, 0.3) is 0 Å². The Morgan fingerprint density at radius 3 is 2.33 bits per heavy atom. The average molecular weight is 564 g/mol. The third kappa shape index (κ3) is 7.24. The molecule has 1 atom stereocenters. The monoisotopic (exact) mass is 564 g/mol. The van der Waals surface area contributed by atoms with Gasteiger partial charge < -0.3 is 15.4 Å². The van der Waals surface area contributed by atoms with Crippen LogP contribution in [0.3, 0.4) is 0 Å². The predicted molar refractivity (Wildman–Crippen MR) is 120 cm³/mol. The number of nitrogens with zero attached hydrogens (tertiary/aromatic N) is 2. The van der Waals surface area contributed by atoms with Gasteiger partial charge in [-0.2, -0.15) is 17.5 Å². The van der Waals surface area contributed by atoms with Gasteiger partial charge in [-0.15, -0.1) is 24.0 Å². The predicted octanol–water partition coefficient (Wildman–Crippen LogP) is 2.72. The van der Waals surface area contributed by atoms with E-state index in [2.05, 4.69) is 15.6 Å². The highest BCUT2D eigenvalue weighted by Gasteiger charge is 2.50. The van der Waals surface area contributed by atoms with E-state index < -0.39 is 15.5 Å². The second-order valence-corrected chi connectivity index (χ2v) is 8.69. The molecule has 172 valence electrons. The van der Waals surface area contributed by atoms with E-state index >= 15 is 0 Å². The maximum Gasteiger partial charge on any atom is 0.511 e. The minimum atomic E-state index is -5.25. The van der Waals surface area contributed by atoms with Gasteiger partial charge in [0.15, 0.2) is 5.96 Å². The van der Waals surface area contributed by atoms with E-state index in [-0.39, 0.29) is 49.1 Å². The van der Waals surface area contributed by atoms with E-state index in [1.807, 2.05) is 30.3 Å². The normalized spacial score (nSPS) is 17.8. The Balaban J connectivity index is 0.00000450. The first-order chi connectivity index (χ1) is 13.7. The van der Waals surface area contributed by atoms with E-state index in [4.69, 9.17) is 4.74 Å². The van der Waals surface area contributed by atoms with Crippen LogP contribution in [0.2, 0.25) is 0 Å². The number of ether oxygens (including phenoxy) is 1. The number of nitrogens with one attached hydrogen (secondary N) is 2. The van der Waals surface area contributed by atoms with E-state index in [0.29, 0.717) is 36.2 Å². The van der Waals surface area contributed by atoms with Gasteiger partial charge in [-0.25, -0.2) is 8.42 Å². The SMILES string of the molecule is CN=C(NCC1CCN(S(=O)(=O)C(F)(F)F)CC1)NCC(OC)c1ccccc1.I. The van der Waals surface area contributed by atoms with E-state index in [1.54, 1.807) is 14.2 Å². The number of halogens is 4. The van der Waals surface area contributed by atoms with Crippen molar-refractivity contribution in [3.8, 4) is 0 Å². The molecule has 1 heterocycles. The van der Waals surface area contributed by atoms with Gasteiger partial charge in [0.1, 0.15) is 0 Å². The fourth-order valence-electron chi connectivity index (χ4n) is 3.16. The fourth-order valence-corrected chi connectivity index (χ4v) is 4.14. The van der Waals surface area contributed by atoms with Crippen LogP contribution in [-0.2, 0) is 14.8 Å². The summed E-state index contributed by atoms with van der Waals surface area (Å²) >= 11 is 0. The number of alkyl halides is 3. The van der Waals surface area contributed by atoms with Crippen LogP contribution in [0.15, 0.2) is 35.3 Å². The van der Waals surface area contributed by atoms with Crippen molar-refractivity contribution >= 4 is 40.0 Å². The van der Waals surface area contributed by atoms with Crippen molar-refractivity contribution < 1.29 is 26.3 Å². The minimum Gasteiger partial charge on any atom is -0.375 e. The molecule has 0 amide bonds. The summed E-state index contributed by atoms with van der Waals surface area (Å²) in [4.78, 5) is 4.14. The summed E-state index contributed by atoms with van der Waals surface area (Å²) < 4.78 is 66.9. The Morgan fingerprint density at radius 2 is 1.83 bits per heavy atom. The smallest absolute Gasteiger partial charge is 0.375 e. The molecule has 30 heavy (non-hydrogen) atoms. The Bertz CT molecular complexity index is 771. The molecule has 0 saturated carbocycles. The van der Waals surface area contributed by atoms with E-state index in [0.717, 1.165) is 5.56 Å². The fraction of sp³-hybridized carbons (Fsp3) is 0.611. The van der Waals surface area contributed by atoms with Crippen LogP contribution < -0.4 is 10.6 Å². The number of piperidine rings is 1. The summed E-state index contributed by atoms with van der Waals surface area (Å²) in [5.74, 6) is 0.605. The number of sulfonamides is 1. The summed E-state index contributed by atoms with van der Waals surface area (Å²) in [6.07, 6.45) is 0.541. The van der Waals surface area contributed by atoms with Gasteiger partial charge in [-0.05, 0) is 24.3 Å². The van der Waals surface area contributed by atoms with E-state index in [9.17, 15) is 21.6 Å². The Labute approximate surface area is 192 Å². The molecule has 1 fully saturated rings. The maximum atomic E-state index is 12.6. The molecular formula is C18H28F3IN4O3S. The lowest BCUT2D eigenvalue weighted by atomic mass is 9.98. The topological polar surface area (TPSA) is 83.0 Å². The molecule has 0 bridgehead atoms. The zero-order valence-electron chi connectivity index (χ0n) is 16.9. The standard InChI is InChI=1S/C18H27F3N4O3S.HI/c1-22-17(24-13-16(28-2)15-6-4-3-5-7-15)23-12-14-8-10-25(11-9-14)29(26,27)18(19,20)21;/h3-7,14,16H,8-13H2,1-2H3,(H2,22,23,24);1H. The molecule has 1 aromatic rings. The van der Waals surface area contributed by atoms with Crippen molar-refractivity contribution in [2.24, 2.45) is 10.9 Å². The molecule has 0 aromatic heterocycles. The van der Waals surface area contributed by atoms with Gasteiger partial charge in [0.2, 0.25) is 0 Å². The molecule has 1 saturated heterocycles. The van der Waals surface area contributed by atoms with Crippen LogP contribution in [-0.4, -0.2) is 64.5 Å². The van der Waals surface area contributed by atoms with Gasteiger partial charge >= 0.3 is 15.5 Å². The third-order valence-corrected chi connectivity index (χ3v) is 6.53. The number of guanidine groups is 1. The first-order valence-corrected chi connectivity index (χ1v) is 10.7. The second kappa shape index (κ2) is 12.1. The van der Waals surface area contributed by atoms with Crippen LogP contribution in [0.4, 0.5) is 13.2 Å². The number of hydrogen-bond donors (Lipinski definition) is 2. The van der Waals surface area contributed by atoms with Gasteiger partial charge in [-0.3, -0.25) is 4.99 Å². The van der Waals surface area contributed by atoms with Crippen molar-refractivity contribution in [3.05, 3.63) is 35.9 Å². The highest BCUT2D eigenvalue weighted by molar-refractivity contribution is 14.0. The van der Waals surface area contributed by atoms with Crippen LogP contribution in [0, 0.1) is 5.92 Å². The highest BCUT2D eigenvalue weighted by Crippen LogP contribution is 2.30. The van der Waals surface area contributed by atoms with Crippen molar-refractivity contribution in [2.45, 2.75) is 24.5 Å². The Kier molecular flexibility index (Phi) is 10.8. The lowest BCUT2D eigenvalue weighted by Gasteiger charge is -2.31. The van der Waals surface area contributed by atoms with Crippen LogP contribution in [0.5, 0.6) is 0 Å². The second-order valence-electron chi connectivity index (χ2n) is 6.76. The number of methoxy groups -OCH3 is 1. The zero-order valence-corrected chi connectivity index (χ0v) is 20.0. The van der Waals surface area contributed by atoms with Crippen molar-refractivity contribution in [1.29, 1.82) is 0 Å². The molecule has 0 aliphatic carbocycles. The molecule has 0 radical (unpaired) electrons. The number of hydrogen-bond acceptors (Lipinski definition) is 4. The van der Waals surface area contributed by atoms with Crippen LogP contribution in [0.25, 0.3) is 0 Å². The molecule has 7 nitrogen and oxygen atoms in total. The van der Waals surface area contributed by atoms with Crippen molar-refractivity contribution in [3.63, 3.8) is 0 Å². The highest BCUT2D eigenvalue weighted by atomic mass is 127. The molecule has 1 aromatic carbocycles. The average Bonchev–Trinajstić information content (AvgIpc) is 2.71. The lowest BCUT2D eigenvalue weighted by molar-refractivity contribution is -0.0496. The van der Waals surface area contributed by atoms with Gasteiger partial charge in [-0.1, -0.05) is 30.3 Å². The minimum absolute atomic E-state index is 0. The largest absolute Gasteiger partial charge is 0.511 e. The number of benzene rings is 1. The molecule has 1 aliphatic rings. The Morgan fingerprint density at radius 1 is 1.23 bits per heavy atom. The third-order valence-electron chi connectivity index (χ3n) is 4.90. The van der Waals surface area contributed by atoms with Gasteiger partial charge in [0.05, 0.1) is 6.10 Å². The molecule has 0 spiro atoms. The van der Waals surface area contributed by atoms with E-state index in [1.165, 1.54) is 0 Å². The molecule has 12 heteroatoms. The molecule has 1 unspecified atom stereocenters. The van der Waals surface area contributed by atoms with Gasteiger partial charge in [0, 0.05) is 40.3 Å². The first-order valence-electron chi connectivity index (χ1n) is 9.27. The summed E-state index contributed by atoms with van der Waals surface area (Å²) in [6, 6.07) is 9.72. The summed E-state index contributed by atoms with van der Waals surface area (Å²) in [7, 11) is -2.00. The zero-order chi connectivity index (χ0) is 21.5. The maximum absolute atomic E-state index is 12.6. The molecule has 1 aliphatic heterocycles. The quantitative estimate of drug-likeness (QED) is 0.303. The van der Waals surface area contributed by atoms with Crippen LogP contribution in [0.1, 0.15) is 24.5 Å². The summed E-state index contributed by atoms with van der Waals surface area (Å²) in [6.45, 7) is 0.699. The molecule has 2 N–H and O–H groups in total.